The second kappa shape index (κ2) is 10.9. The van der Waals surface area contributed by atoms with Gasteiger partial charge in [-0.2, -0.15) is 0 Å². The fraction of sp³-hybridized carbons (Fsp3) is 0.391. The maximum absolute atomic E-state index is 12.5. The minimum Gasteiger partial charge on any atom is -0.492 e. The van der Waals surface area contributed by atoms with E-state index in [1.54, 1.807) is 17.5 Å². The van der Waals surface area contributed by atoms with E-state index in [9.17, 15) is 4.79 Å². The number of hydrogen-bond acceptors (Lipinski definition) is 7. The minimum absolute atomic E-state index is 0.107. The highest BCUT2D eigenvalue weighted by molar-refractivity contribution is 7.21. The van der Waals surface area contributed by atoms with Crippen molar-refractivity contribution >= 4 is 28.6 Å². The molecule has 0 saturated carbocycles. The molecule has 1 aliphatic heterocycles. The molecule has 2 aromatic heterocycles. The highest BCUT2D eigenvalue weighted by Gasteiger charge is 2.18. The van der Waals surface area contributed by atoms with Gasteiger partial charge in [0.1, 0.15) is 22.2 Å². The molecule has 1 aromatic carbocycles. The molecule has 164 valence electrons. The normalized spacial score (nSPS) is 14.6. The van der Waals surface area contributed by atoms with E-state index in [1.165, 1.54) is 11.3 Å². The third-order valence-corrected chi connectivity index (χ3v) is 7.38. The number of hydrogen-bond donors (Lipinski definition) is 1. The van der Waals surface area contributed by atoms with E-state index in [0.717, 1.165) is 53.8 Å². The van der Waals surface area contributed by atoms with Crippen LogP contribution in [0.15, 0.2) is 48.0 Å². The quantitative estimate of drug-likeness (QED) is 0.519. The molecule has 3 aromatic rings. The van der Waals surface area contributed by atoms with Crippen molar-refractivity contribution in [3.8, 4) is 15.6 Å². The van der Waals surface area contributed by atoms with Crippen LogP contribution in [0.4, 0.5) is 0 Å². The number of carbonyl (C=O) groups is 1. The Bertz CT molecular complexity index is 968. The van der Waals surface area contributed by atoms with Crippen LogP contribution in [0.5, 0.6) is 5.75 Å². The van der Waals surface area contributed by atoms with Crippen LogP contribution in [-0.4, -0.2) is 55.2 Å². The molecule has 0 bridgehead atoms. The second-order valence-electron chi connectivity index (χ2n) is 7.51. The molecule has 0 spiro atoms. The number of thiophene rings is 1. The van der Waals surface area contributed by atoms with E-state index in [-0.39, 0.29) is 5.91 Å². The van der Waals surface area contributed by atoms with Crippen LogP contribution >= 0.6 is 22.7 Å². The Balaban J connectivity index is 1.24. The Morgan fingerprint density at radius 3 is 2.97 bits per heavy atom. The number of thiazole rings is 1. The standard InChI is InChI=1S/C23H27N3O3S2/c1-26(18-7-10-28-11-8-18)9-12-29-19-5-2-4-17(14-19)15-24-22(27)21-16-25-23(31-21)20-6-3-13-30-20/h2-6,13-14,16,18H,7-12,15H2,1H3,(H,24,27). The van der Waals surface area contributed by atoms with Gasteiger partial charge in [-0.3, -0.25) is 9.69 Å². The van der Waals surface area contributed by atoms with Crippen molar-refractivity contribution in [1.82, 2.24) is 15.2 Å². The monoisotopic (exact) mass is 457 g/mol. The van der Waals surface area contributed by atoms with Gasteiger partial charge in [-0.1, -0.05) is 18.2 Å². The van der Waals surface area contributed by atoms with Crippen LogP contribution < -0.4 is 10.1 Å². The van der Waals surface area contributed by atoms with E-state index in [4.69, 9.17) is 9.47 Å². The van der Waals surface area contributed by atoms with Crippen molar-refractivity contribution in [2.24, 2.45) is 0 Å². The number of ether oxygens (including phenoxy) is 2. The van der Waals surface area contributed by atoms with Crippen molar-refractivity contribution in [3.63, 3.8) is 0 Å². The molecular formula is C23H27N3O3S2. The fourth-order valence-corrected chi connectivity index (χ4v) is 5.16. The molecule has 1 N–H and O–H groups in total. The van der Waals surface area contributed by atoms with Crippen molar-refractivity contribution in [2.45, 2.75) is 25.4 Å². The molecule has 4 rings (SSSR count). The molecule has 0 unspecified atom stereocenters. The molecule has 1 saturated heterocycles. The summed E-state index contributed by atoms with van der Waals surface area (Å²) in [5, 5.41) is 5.86. The van der Waals surface area contributed by atoms with Crippen molar-refractivity contribution in [2.75, 3.05) is 33.4 Å². The van der Waals surface area contributed by atoms with Crippen molar-refractivity contribution < 1.29 is 14.3 Å². The van der Waals surface area contributed by atoms with Gasteiger partial charge in [-0.15, -0.1) is 22.7 Å². The fourth-order valence-electron chi connectivity index (χ4n) is 3.52. The summed E-state index contributed by atoms with van der Waals surface area (Å²) in [6.07, 6.45) is 3.81. The largest absolute Gasteiger partial charge is 0.492 e. The maximum Gasteiger partial charge on any atom is 0.263 e. The Labute approximate surface area is 190 Å². The summed E-state index contributed by atoms with van der Waals surface area (Å²) in [5.41, 5.74) is 1.01. The van der Waals surface area contributed by atoms with Crippen LogP contribution in [0.3, 0.4) is 0 Å². The van der Waals surface area contributed by atoms with Gasteiger partial charge in [0.2, 0.25) is 0 Å². The molecule has 1 amide bonds. The lowest BCUT2D eigenvalue weighted by molar-refractivity contribution is 0.0392. The third kappa shape index (κ3) is 6.13. The highest BCUT2D eigenvalue weighted by Crippen LogP contribution is 2.28. The lowest BCUT2D eigenvalue weighted by Gasteiger charge is -2.31. The van der Waals surface area contributed by atoms with Crippen LogP contribution in [0.2, 0.25) is 0 Å². The maximum atomic E-state index is 12.5. The summed E-state index contributed by atoms with van der Waals surface area (Å²) in [5.74, 6) is 0.717. The van der Waals surface area contributed by atoms with Gasteiger partial charge in [0.05, 0.1) is 11.1 Å². The lowest BCUT2D eigenvalue weighted by Crippen LogP contribution is -2.38. The van der Waals surface area contributed by atoms with Crippen LogP contribution in [0, 0.1) is 0 Å². The average molecular weight is 458 g/mol. The predicted molar refractivity (Wildman–Crippen MR) is 125 cm³/mol. The van der Waals surface area contributed by atoms with Gasteiger partial charge in [0, 0.05) is 32.3 Å². The number of rotatable bonds is 9. The van der Waals surface area contributed by atoms with Gasteiger partial charge >= 0.3 is 0 Å². The molecular weight excluding hydrogens is 430 g/mol. The first-order chi connectivity index (χ1) is 15.2. The number of aromatic nitrogens is 1. The zero-order valence-corrected chi connectivity index (χ0v) is 19.2. The smallest absolute Gasteiger partial charge is 0.263 e. The van der Waals surface area contributed by atoms with Crippen LogP contribution in [-0.2, 0) is 11.3 Å². The average Bonchev–Trinajstić information content (AvgIpc) is 3.50. The summed E-state index contributed by atoms with van der Waals surface area (Å²) >= 11 is 3.04. The molecule has 0 radical (unpaired) electrons. The Morgan fingerprint density at radius 2 is 2.16 bits per heavy atom. The zero-order valence-electron chi connectivity index (χ0n) is 17.6. The van der Waals surface area contributed by atoms with Gasteiger partial charge < -0.3 is 14.8 Å². The Hall–Kier alpha value is -2.26. The number of amides is 1. The zero-order chi connectivity index (χ0) is 21.5. The molecule has 8 heteroatoms. The highest BCUT2D eigenvalue weighted by atomic mass is 32.1. The van der Waals surface area contributed by atoms with Gasteiger partial charge in [0.25, 0.3) is 5.91 Å². The van der Waals surface area contributed by atoms with Gasteiger partial charge in [-0.25, -0.2) is 4.98 Å². The van der Waals surface area contributed by atoms with Crippen molar-refractivity contribution in [3.05, 3.63) is 58.4 Å². The number of likely N-dealkylation sites (N-methyl/N-ethyl adjacent to an activating group) is 1. The van der Waals surface area contributed by atoms with E-state index >= 15 is 0 Å². The van der Waals surface area contributed by atoms with Gasteiger partial charge in [-0.05, 0) is 49.0 Å². The minimum atomic E-state index is -0.107. The Kier molecular flexibility index (Phi) is 7.69. The molecule has 0 atom stereocenters. The summed E-state index contributed by atoms with van der Waals surface area (Å²) in [6.45, 7) is 3.66. The first-order valence-electron chi connectivity index (χ1n) is 10.5. The van der Waals surface area contributed by atoms with Crippen LogP contribution in [0.25, 0.3) is 9.88 Å². The van der Waals surface area contributed by atoms with E-state index < -0.39 is 0 Å². The first-order valence-corrected chi connectivity index (χ1v) is 12.2. The first kappa shape index (κ1) is 22.0. The van der Waals surface area contributed by atoms with E-state index in [0.29, 0.717) is 24.1 Å². The van der Waals surface area contributed by atoms with E-state index in [1.807, 2.05) is 41.8 Å². The van der Waals surface area contributed by atoms with Crippen LogP contribution in [0.1, 0.15) is 28.1 Å². The van der Waals surface area contributed by atoms with Gasteiger partial charge in [0.15, 0.2) is 0 Å². The summed E-state index contributed by atoms with van der Waals surface area (Å²) in [4.78, 5) is 20.9. The predicted octanol–water partition coefficient (Wildman–Crippen LogP) is 4.29. The third-order valence-electron chi connectivity index (χ3n) is 5.34. The molecule has 3 heterocycles. The lowest BCUT2D eigenvalue weighted by atomic mass is 10.1. The van der Waals surface area contributed by atoms with E-state index in [2.05, 4.69) is 22.2 Å². The molecule has 1 fully saturated rings. The SMILES string of the molecule is CN(CCOc1cccc(CNC(=O)c2cnc(-c3cccs3)s2)c1)C1CCOCC1. The molecule has 1 aliphatic rings. The number of benzene rings is 1. The molecule has 31 heavy (non-hydrogen) atoms. The molecule has 0 aliphatic carbocycles. The number of nitrogens with one attached hydrogen (secondary N) is 1. The summed E-state index contributed by atoms with van der Waals surface area (Å²) < 4.78 is 11.4. The number of nitrogens with zero attached hydrogens (tertiary/aromatic N) is 2. The summed E-state index contributed by atoms with van der Waals surface area (Å²) in [7, 11) is 2.15. The Morgan fingerprint density at radius 1 is 1.29 bits per heavy atom. The topological polar surface area (TPSA) is 63.7 Å². The van der Waals surface area contributed by atoms with Crippen molar-refractivity contribution in [1.29, 1.82) is 0 Å². The molecule has 6 nitrogen and oxygen atoms in total. The summed E-state index contributed by atoms with van der Waals surface area (Å²) in [6, 6.07) is 12.5. The number of carbonyl (C=O) groups excluding carboxylic acids is 1. The second-order valence-corrected chi connectivity index (χ2v) is 9.49.